The number of carboxylic acid groups (broad SMARTS) is 2. The highest BCUT2D eigenvalue weighted by Gasteiger charge is 2.32. The third kappa shape index (κ3) is 13.2. The molecule has 1 aliphatic heterocycles. The molecule has 5 atom stereocenters. The number of phenolic OH excluding ortho intramolecular Hbond substituents is 1. The molecule has 12 N–H and O–H groups in total. The smallest absolute Gasteiger partial charge is 0.327 e. The highest BCUT2D eigenvalue weighted by atomic mass is 32.2. The molecule has 1 saturated heterocycles. The van der Waals surface area contributed by atoms with Crippen molar-refractivity contribution in [1.82, 2.24) is 26.6 Å². The number of guanidine groups is 1. The van der Waals surface area contributed by atoms with Crippen LogP contribution in [0.15, 0.2) is 29.3 Å². The van der Waals surface area contributed by atoms with Gasteiger partial charge < -0.3 is 53.4 Å². The largest absolute Gasteiger partial charge is 0.508 e. The monoisotopic (exact) mass is 668 g/mol. The van der Waals surface area contributed by atoms with Crippen molar-refractivity contribution >= 4 is 58.2 Å². The predicted octanol–water partition coefficient (Wildman–Crippen LogP) is -4.63. The molecule has 0 radical (unpaired) electrons. The minimum atomic E-state index is -2.22. The van der Waals surface area contributed by atoms with Gasteiger partial charge in [0.1, 0.15) is 35.7 Å². The average Bonchev–Trinajstić information content (AvgIpc) is 2.96. The van der Waals surface area contributed by atoms with Gasteiger partial charge in [-0.05, 0) is 30.5 Å². The zero-order valence-corrected chi connectivity index (χ0v) is 25.2. The number of nitrogens with two attached hydrogens (primary N) is 2. The zero-order chi connectivity index (χ0) is 34.4. The van der Waals surface area contributed by atoms with E-state index in [4.69, 9.17) is 11.5 Å². The van der Waals surface area contributed by atoms with Gasteiger partial charge in [-0.3, -0.25) is 38.0 Å². The van der Waals surface area contributed by atoms with Crippen LogP contribution in [0.4, 0.5) is 0 Å². The number of hydrogen-bond donors (Lipinski definition) is 10. The number of phenols is 1. The fourth-order valence-electron chi connectivity index (χ4n) is 4.12. The molecule has 2 rings (SSSR count). The number of amides is 5. The van der Waals surface area contributed by atoms with Gasteiger partial charge in [-0.2, -0.15) is 0 Å². The molecule has 46 heavy (non-hydrogen) atoms. The van der Waals surface area contributed by atoms with E-state index in [-0.39, 0.29) is 37.5 Å². The minimum absolute atomic E-state index is 0.0412. The highest BCUT2D eigenvalue weighted by molar-refractivity contribution is 7.85. The summed E-state index contributed by atoms with van der Waals surface area (Å²) in [5.41, 5.74) is 11.1. The Kier molecular flexibility index (Phi) is 14.4. The first-order chi connectivity index (χ1) is 21.6. The van der Waals surface area contributed by atoms with Crippen molar-refractivity contribution in [2.75, 3.05) is 24.6 Å². The number of carbonyl (C=O) groups excluding carboxylic acids is 5. The molecule has 0 saturated carbocycles. The summed E-state index contributed by atoms with van der Waals surface area (Å²) in [4.78, 5) is 91.6. The Morgan fingerprint density at radius 3 is 2.11 bits per heavy atom. The second-order valence-electron chi connectivity index (χ2n) is 10.1. The maximum Gasteiger partial charge on any atom is 0.327 e. The van der Waals surface area contributed by atoms with Crippen LogP contribution in [-0.2, 0) is 50.8 Å². The van der Waals surface area contributed by atoms with Gasteiger partial charge in [0.2, 0.25) is 29.5 Å². The van der Waals surface area contributed by atoms with Crippen LogP contribution in [0.1, 0.15) is 24.8 Å². The van der Waals surface area contributed by atoms with E-state index >= 15 is 0 Å². The number of nitrogens with one attached hydrogen (secondary N) is 5. The van der Waals surface area contributed by atoms with Crippen LogP contribution in [0.5, 0.6) is 5.75 Å². The van der Waals surface area contributed by atoms with Gasteiger partial charge in [-0.25, -0.2) is 4.79 Å². The van der Waals surface area contributed by atoms with Crippen molar-refractivity contribution in [2.24, 2.45) is 16.5 Å². The van der Waals surface area contributed by atoms with Crippen molar-refractivity contribution in [2.45, 2.75) is 49.9 Å². The minimum Gasteiger partial charge on any atom is -0.508 e. The van der Waals surface area contributed by atoms with Gasteiger partial charge in [0.15, 0.2) is 5.96 Å². The molecule has 20 heteroatoms. The average molecular weight is 669 g/mol. The fourth-order valence-corrected chi connectivity index (χ4v) is 5.21. The SMILES string of the molecule is NC(N)=NCCC[C@@H]1NC(=O)[C@H](Cc2ccc(O)cc2)NC(=O)CS(=O)C[C@@H](C(=O)O)NC(=O)[C@H](CC(=O)O)NC(=O)CNC1=O. The molecule has 5 amide bonds. The first-order valence-corrected chi connectivity index (χ1v) is 15.2. The van der Waals surface area contributed by atoms with Gasteiger partial charge in [0.25, 0.3) is 0 Å². The van der Waals surface area contributed by atoms with Crippen LogP contribution in [0, 0.1) is 0 Å². The Labute approximate surface area is 264 Å². The molecule has 0 aromatic heterocycles. The molecular formula is C26H36N8O11S. The zero-order valence-electron chi connectivity index (χ0n) is 24.4. The quantitative estimate of drug-likeness (QED) is 0.0673. The van der Waals surface area contributed by atoms with Gasteiger partial charge in [0, 0.05) is 23.8 Å². The predicted molar refractivity (Wildman–Crippen MR) is 160 cm³/mol. The molecular weight excluding hydrogens is 632 g/mol. The van der Waals surface area contributed by atoms with Crippen molar-refractivity contribution in [1.29, 1.82) is 0 Å². The van der Waals surface area contributed by atoms with Crippen LogP contribution >= 0.6 is 0 Å². The molecule has 1 aromatic rings. The van der Waals surface area contributed by atoms with E-state index in [1.54, 1.807) is 0 Å². The lowest BCUT2D eigenvalue weighted by molar-refractivity contribution is -0.143. The molecule has 19 nitrogen and oxygen atoms in total. The maximum atomic E-state index is 13.4. The van der Waals surface area contributed by atoms with Crippen LogP contribution in [0.25, 0.3) is 0 Å². The second kappa shape index (κ2) is 17.9. The highest BCUT2D eigenvalue weighted by Crippen LogP contribution is 2.12. The van der Waals surface area contributed by atoms with Crippen molar-refractivity contribution in [3.05, 3.63) is 29.8 Å². The topological polar surface area (TPSA) is 322 Å². The van der Waals surface area contributed by atoms with Crippen LogP contribution in [-0.4, -0.2) is 116 Å². The van der Waals surface area contributed by atoms with Crippen molar-refractivity contribution in [3.8, 4) is 5.75 Å². The molecule has 1 aromatic carbocycles. The maximum absolute atomic E-state index is 13.4. The lowest BCUT2D eigenvalue weighted by Gasteiger charge is -2.24. The van der Waals surface area contributed by atoms with Gasteiger partial charge in [0.05, 0.1) is 18.7 Å². The normalized spacial score (nSPS) is 23.7. The first-order valence-electron chi connectivity index (χ1n) is 13.7. The van der Waals surface area contributed by atoms with E-state index < -0.39 is 101 Å². The number of aliphatic imine (C=N–C) groups is 1. The summed E-state index contributed by atoms with van der Waals surface area (Å²) < 4.78 is 12.8. The van der Waals surface area contributed by atoms with Crippen LogP contribution in [0.3, 0.4) is 0 Å². The number of hydrogen-bond acceptors (Lipinski definition) is 10. The molecule has 0 aliphatic carbocycles. The molecule has 1 fully saturated rings. The van der Waals surface area contributed by atoms with Crippen LogP contribution in [0.2, 0.25) is 0 Å². The number of nitrogens with zero attached hydrogens (tertiary/aromatic N) is 1. The van der Waals surface area contributed by atoms with Crippen LogP contribution < -0.4 is 38.1 Å². The third-order valence-electron chi connectivity index (χ3n) is 6.32. The second-order valence-corrected chi connectivity index (χ2v) is 11.6. The number of aromatic hydroxyl groups is 1. The van der Waals surface area contributed by atoms with E-state index in [2.05, 4.69) is 26.3 Å². The lowest BCUT2D eigenvalue weighted by Crippen LogP contribution is -2.57. The molecule has 1 unspecified atom stereocenters. The third-order valence-corrected chi connectivity index (χ3v) is 7.61. The fraction of sp³-hybridized carbons (Fsp3) is 0.462. The van der Waals surface area contributed by atoms with Gasteiger partial charge >= 0.3 is 11.9 Å². The van der Waals surface area contributed by atoms with Gasteiger partial charge in [-0.1, -0.05) is 12.1 Å². The molecule has 1 aliphatic rings. The van der Waals surface area contributed by atoms with E-state index in [0.717, 1.165) is 0 Å². The summed E-state index contributed by atoms with van der Waals surface area (Å²) in [7, 11) is -2.22. The number of aliphatic carboxylic acids is 2. The Morgan fingerprint density at radius 2 is 1.50 bits per heavy atom. The first kappa shape index (κ1) is 36.9. The summed E-state index contributed by atoms with van der Waals surface area (Å²) in [6.45, 7) is -0.701. The number of benzene rings is 1. The molecule has 0 spiro atoms. The Hall–Kier alpha value is -5.27. The Bertz CT molecular complexity index is 1370. The van der Waals surface area contributed by atoms with Crippen molar-refractivity contribution < 1.29 is 53.1 Å². The van der Waals surface area contributed by atoms with E-state index in [1.807, 2.05) is 5.32 Å². The summed E-state index contributed by atoms with van der Waals surface area (Å²) in [6, 6.07) is -0.622. The lowest BCUT2D eigenvalue weighted by atomic mass is 10.0. The van der Waals surface area contributed by atoms with Crippen molar-refractivity contribution in [3.63, 3.8) is 0 Å². The number of carbonyl (C=O) groups is 7. The molecule has 1 heterocycles. The summed E-state index contributed by atoms with van der Waals surface area (Å²) >= 11 is 0. The summed E-state index contributed by atoms with van der Waals surface area (Å²) in [5.74, 6) is -9.91. The molecule has 0 bridgehead atoms. The standard InChI is InChI=1S/C26H36N8O11S/c27-26(28)29-7-1-2-15-22(40)30-10-19(36)31-17(9-21(38)39)24(42)34-18(25(43)44)11-46(45)12-20(37)32-16(23(41)33-15)8-13-3-5-14(35)6-4-13/h3-6,15-18,35H,1-2,7-12H2,(H,30,40)(H,31,36)(H,32,37)(H,33,41)(H,34,42)(H,38,39)(H,43,44)(H4,27,28,29)/t15-,16-,17-,18-,46?/m0/s1. The van der Waals surface area contributed by atoms with E-state index in [1.165, 1.54) is 24.3 Å². The van der Waals surface area contributed by atoms with E-state index in [9.17, 15) is 53.1 Å². The molecule has 252 valence electrons. The number of carboxylic acids is 2. The Balaban J connectivity index is 2.42. The summed E-state index contributed by atoms with van der Waals surface area (Å²) in [5, 5.41) is 39.6. The number of rotatable bonds is 9. The Morgan fingerprint density at radius 1 is 0.870 bits per heavy atom. The van der Waals surface area contributed by atoms with E-state index in [0.29, 0.717) is 5.56 Å². The summed E-state index contributed by atoms with van der Waals surface area (Å²) in [6.07, 6.45) is -0.966. The van der Waals surface area contributed by atoms with Gasteiger partial charge in [-0.15, -0.1) is 0 Å².